The van der Waals surface area contributed by atoms with Crippen LogP contribution in [0.3, 0.4) is 0 Å². The minimum atomic E-state index is 0.144. The Labute approximate surface area is 94.2 Å². The van der Waals surface area contributed by atoms with Crippen LogP contribution in [0, 0.1) is 0 Å². The Morgan fingerprint density at radius 2 is 2.07 bits per heavy atom. The maximum absolute atomic E-state index is 5.80. The van der Waals surface area contributed by atoms with E-state index in [0.29, 0.717) is 5.82 Å². The van der Waals surface area contributed by atoms with Gasteiger partial charge in [0.05, 0.1) is 6.10 Å². The maximum atomic E-state index is 5.80. The highest BCUT2D eigenvalue weighted by molar-refractivity contribution is 7.11. The molecule has 0 radical (unpaired) electrons. The van der Waals surface area contributed by atoms with E-state index in [1.165, 1.54) is 24.4 Å². The van der Waals surface area contributed by atoms with Crippen molar-refractivity contribution in [3.8, 4) is 5.75 Å². The third-order valence-corrected chi connectivity index (χ3v) is 3.31. The first kappa shape index (κ1) is 10.5. The second kappa shape index (κ2) is 4.26. The fraction of sp³-hybridized carbons (Fsp3) is 0.700. The number of nitrogens with two attached hydrogens (primary N) is 1. The van der Waals surface area contributed by atoms with Crippen LogP contribution in [-0.2, 0) is 0 Å². The van der Waals surface area contributed by atoms with Gasteiger partial charge in [-0.3, -0.25) is 0 Å². The first-order valence-corrected chi connectivity index (χ1v) is 6.12. The lowest BCUT2D eigenvalue weighted by Crippen LogP contribution is -2.18. The van der Waals surface area contributed by atoms with Gasteiger partial charge in [0.25, 0.3) is 0 Å². The number of hydrogen-bond donors (Lipinski definition) is 1. The van der Waals surface area contributed by atoms with Crippen LogP contribution in [0.1, 0.15) is 26.7 Å². The Kier molecular flexibility index (Phi) is 3.00. The molecular weight excluding hydrogens is 210 g/mol. The van der Waals surface area contributed by atoms with Gasteiger partial charge in [-0.05, 0) is 38.2 Å². The van der Waals surface area contributed by atoms with Crippen molar-refractivity contribution in [3.63, 3.8) is 0 Å². The Bertz CT molecular complexity index is 331. The summed E-state index contributed by atoms with van der Waals surface area (Å²) < 4.78 is 9.88. The molecule has 0 atom stereocenters. The number of hydrogen-bond acceptors (Lipinski definition) is 5. The fourth-order valence-electron chi connectivity index (χ4n) is 1.75. The number of nitrogen functional groups attached to an aromatic ring is 1. The van der Waals surface area contributed by atoms with Gasteiger partial charge >= 0.3 is 0 Å². The molecule has 2 rings (SSSR count). The van der Waals surface area contributed by atoms with Crippen molar-refractivity contribution in [1.29, 1.82) is 0 Å². The van der Waals surface area contributed by atoms with Gasteiger partial charge in [-0.2, -0.15) is 4.37 Å². The number of ether oxygens (including phenoxy) is 1. The lowest BCUT2D eigenvalue weighted by Gasteiger charge is -2.18. The molecule has 4 nitrogen and oxygen atoms in total. The first-order chi connectivity index (χ1) is 7.18. The summed E-state index contributed by atoms with van der Waals surface area (Å²) in [6, 6.07) is 0. The smallest absolute Gasteiger partial charge is 0.198 e. The quantitative estimate of drug-likeness (QED) is 0.859. The van der Waals surface area contributed by atoms with E-state index < -0.39 is 0 Å². The van der Waals surface area contributed by atoms with Gasteiger partial charge in [0, 0.05) is 13.1 Å². The van der Waals surface area contributed by atoms with E-state index >= 15 is 0 Å². The summed E-state index contributed by atoms with van der Waals surface area (Å²) in [4.78, 5) is 2.31. The Hall–Kier alpha value is -0.970. The minimum absolute atomic E-state index is 0.144. The minimum Gasteiger partial charge on any atom is -0.484 e. The molecule has 0 spiro atoms. The topological polar surface area (TPSA) is 51.4 Å². The predicted octanol–water partition coefficient (Wildman–Crippen LogP) is 2.11. The summed E-state index contributed by atoms with van der Waals surface area (Å²) in [5.41, 5.74) is 5.80. The van der Waals surface area contributed by atoms with Gasteiger partial charge in [0.1, 0.15) is 0 Å². The molecule has 5 heteroatoms. The molecule has 0 unspecified atom stereocenters. The lowest BCUT2D eigenvalue weighted by molar-refractivity contribution is 0.245. The van der Waals surface area contributed by atoms with Gasteiger partial charge in [-0.15, -0.1) is 0 Å². The molecule has 0 amide bonds. The molecule has 1 saturated heterocycles. The molecule has 0 aliphatic carbocycles. The van der Waals surface area contributed by atoms with Gasteiger partial charge < -0.3 is 15.4 Å². The number of aromatic nitrogens is 1. The summed E-state index contributed by atoms with van der Waals surface area (Å²) in [7, 11) is 0. The zero-order chi connectivity index (χ0) is 10.8. The number of anilines is 2. The Balaban J connectivity index is 2.22. The zero-order valence-corrected chi connectivity index (χ0v) is 10.0. The van der Waals surface area contributed by atoms with E-state index in [9.17, 15) is 0 Å². The molecule has 1 aromatic heterocycles. The van der Waals surface area contributed by atoms with E-state index in [2.05, 4.69) is 9.27 Å². The van der Waals surface area contributed by atoms with Gasteiger partial charge in [-0.25, -0.2) is 0 Å². The molecule has 2 N–H and O–H groups in total. The maximum Gasteiger partial charge on any atom is 0.198 e. The summed E-state index contributed by atoms with van der Waals surface area (Å²) >= 11 is 1.44. The van der Waals surface area contributed by atoms with E-state index in [0.717, 1.165) is 23.8 Å². The summed E-state index contributed by atoms with van der Waals surface area (Å²) in [5.74, 6) is 1.30. The highest BCUT2D eigenvalue weighted by atomic mass is 32.1. The van der Waals surface area contributed by atoms with E-state index in [1.807, 2.05) is 13.8 Å². The third kappa shape index (κ3) is 2.17. The van der Waals surface area contributed by atoms with Gasteiger partial charge in [0.2, 0.25) is 0 Å². The molecule has 2 heterocycles. The van der Waals surface area contributed by atoms with Crippen LogP contribution in [0.4, 0.5) is 10.8 Å². The van der Waals surface area contributed by atoms with Crippen molar-refractivity contribution < 1.29 is 4.74 Å². The van der Waals surface area contributed by atoms with Crippen LogP contribution >= 0.6 is 11.5 Å². The van der Waals surface area contributed by atoms with Crippen LogP contribution in [0.15, 0.2) is 0 Å². The summed E-state index contributed by atoms with van der Waals surface area (Å²) in [6.07, 6.45) is 2.64. The molecule has 15 heavy (non-hydrogen) atoms. The average Bonchev–Trinajstić information content (AvgIpc) is 2.76. The normalized spacial score (nSPS) is 16.3. The fourth-order valence-corrected chi connectivity index (χ4v) is 2.55. The van der Waals surface area contributed by atoms with Crippen molar-refractivity contribution in [2.75, 3.05) is 23.7 Å². The van der Waals surface area contributed by atoms with Crippen molar-refractivity contribution in [2.24, 2.45) is 0 Å². The molecule has 84 valence electrons. The highest BCUT2D eigenvalue weighted by Crippen LogP contribution is 2.40. The number of nitrogens with zero attached hydrogens (tertiary/aromatic N) is 2. The third-order valence-electron chi connectivity index (χ3n) is 2.40. The van der Waals surface area contributed by atoms with Crippen LogP contribution in [-0.4, -0.2) is 23.6 Å². The average molecular weight is 227 g/mol. The molecule has 0 aromatic carbocycles. The van der Waals surface area contributed by atoms with E-state index in [1.54, 1.807) is 0 Å². The molecule has 0 saturated carbocycles. The Morgan fingerprint density at radius 3 is 2.67 bits per heavy atom. The van der Waals surface area contributed by atoms with E-state index in [-0.39, 0.29) is 6.10 Å². The van der Waals surface area contributed by atoms with Crippen LogP contribution < -0.4 is 15.4 Å². The molecule has 1 aromatic rings. The summed E-state index contributed by atoms with van der Waals surface area (Å²) in [5, 5.41) is 1.10. The number of rotatable bonds is 3. The predicted molar refractivity (Wildman–Crippen MR) is 63.7 cm³/mol. The van der Waals surface area contributed by atoms with E-state index in [4.69, 9.17) is 10.5 Å². The van der Waals surface area contributed by atoms with Crippen LogP contribution in [0.5, 0.6) is 5.75 Å². The molecule has 1 fully saturated rings. The first-order valence-electron chi connectivity index (χ1n) is 5.35. The van der Waals surface area contributed by atoms with Crippen LogP contribution in [0.25, 0.3) is 0 Å². The van der Waals surface area contributed by atoms with Gasteiger partial charge in [-0.1, -0.05) is 0 Å². The molecule has 1 aliphatic heterocycles. The molecule has 1 aliphatic rings. The van der Waals surface area contributed by atoms with Crippen LogP contribution in [0.2, 0.25) is 0 Å². The van der Waals surface area contributed by atoms with Crippen molar-refractivity contribution in [3.05, 3.63) is 0 Å². The lowest BCUT2D eigenvalue weighted by atomic mass is 10.4. The second-order valence-electron chi connectivity index (χ2n) is 4.06. The van der Waals surface area contributed by atoms with Crippen molar-refractivity contribution >= 4 is 22.4 Å². The monoisotopic (exact) mass is 227 g/mol. The standard InChI is InChI=1S/C10H17N3OS/c1-7(2)14-8-9(11)12-15-10(8)13-5-3-4-6-13/h7H,3-6H2,1-2H3,(H2,11,12). The molecule has 0 bridgehead atoms. The largest absolute Gasteiger partial charge is 0.484 e. The Morgan fingerprint density at radius 1 is 1.40 bits per heavy atom. The van der Waals surface area contributed by atoms with Crippen molar-refractivity contribution in [2.45, 2.75) is 32.8 Å². The summed E-state index contributed by atoms with van der Waals surface area (Å²) in [6.45, 7) is 6.20. The second-order valence-corrected chi connectivity index (χ2v) is 4.81. The van der Waals surface area contributed by atoms with Crippen molar-refractivity contribution in [1.82, 2.24) is 4.37 Å². The highest BCUT2D eigenvalue weighted by Gasteiger charge is 2.22. The molecular formula is C10H17N3OS. The van der Waals surface area contributed by atoms with Gasteiger partial charge in [0.15, 0.2) is 16.6 Å². The SMILES string of the molecule is CC(C)Oc1c(N)nsc1N1CCCC1. The zero-order valence-electron chi connectivity index (χ0n) is 9.19.